The van der Waals surface area contributed by atoms with Gasteiger partial charge in [-0.25, -0.2) is 4.79 Å². The second-order valence-electron chi connectivity index (χ2n) is 0.283. The van der Waals surface area contributed by atoms with E-state index in [-0.39, 0.29) is 14.1 Å². The summed E-state index contributed by atoms with van der Waals surface area (Å²) in [5.41, 5.74) is 0. The van der Waals surface area contributed by atoms with Crippen LogP contribution in [0.4, 0.5) is 18.9 Å². The van der Waals surface area contributed by atoms with Gasteiger partial charge in [0.15, 0.2) is 0 Å². The van der Waals surface area contributed by atoms with E-state index in [9.17, 15) is 0 Å². The lowest BCUT2D eigenvalue weighted by molar-refractivity contribution is 0.137. The molecular weight excluding hydrogens is 141 g/mol. The second kappa shape index (κ2) is 70.6. The van der Waals surface area contributed by atoms with Crippen molar-refractivity contribution in [2.75, 3.05) is 0 Å². The van der Waals surface area contributed by atoms with Crippen LogP contribution in [0.2, 0.25) is 0 Å². The summed E-state index contributed by atoms with van der Waals surface area (Å²) < 4.78 is 0. The number of hydrogen-bond donors (Lipinski definition) is 2. The van der Waals surface area contributed by atoms with E-state index in [0.29, 0.717) is 0 Å². The highest BCUT2D eigenvalue weighted by molar-refractivity contribution is 5.53. The smallest absolute Gasteiger partial charge is 0.450 e. The quantitative estimate of drug-likeness (QED) is 0.514. The van der Waals surface area contributed by atoms with E-state index in [2.05, 4.69) is 13.2 Å². The Morgan fingerprint density at radius 2 is 1.00 bits per heavy atom. The molecule has 0 spiro atoms. The molecule has 0 amide bonds. The maximum Gasteiger partial charge on any atom is 0.503 e. The molecule has 0 aromatic carbocycles. The van der Waals surface area contributed by atoms with Crippen LogP contribution in [0, 0.1) is 0 Å². The number of carboxylic acid groups (broad SMARTS) is 2. The van der Waals surface area contributed by atoms with Crippen molar-refractivity contribution in [1.29, 1.82) is 0 Å². The molecule has 0 bridgehead atoms. The van der Waals surface area contributed by atoms with Crippen LogP contribution in [0.1, 0.15) is 0 Å². The Morgan fingerprint density at radius 3 is 1.00 bits per heavy atom. The van der Waals surface area contributed by atoms with Gasteiger partial charge in [-0.3, -0.25) is 14.1 Å². The molecule has 0 heterocycles. The van der Waals surface area contributed by atoms with Crippen molar-refractivity contribution < 1.29 is 29.1 Å². The topological polar surface area (TPSA) is 57.5 Å². The summed E-state index contributed by atoms with van der Waals surface area (Å²) in [6.45, 7) is 6.00. The van der Waals surface area contributed by atoms with Crippen molar-refractivity contribution in [2.24, 2.45) is 0 Å². The molecular formula is C3H9F3O3. The maximum absolute atomic E-state index is 8.56. The van der Waals surface area contributed by atoms with Crippen LogP contribution in [0.3, 0.4) is 0 Å². The molecule has 3 nitrogen and oxygen atoms in total. The van der Waals surface area contributed by atoms with Gasteiger partial charge in [0.1, 0.15) is 0 Å². The van der Waals surface area contributed by atoms with Crippen LogP contribution < -0.4 is 0 Å². The van der Waals surface area contributed by atoms with Crippen molar-refractivity contribution >= 4 is 6.16 Å². The molecule has 2 N–H and O–H groups in total. The summed E-state index contributed by atoms with van der Waals surface area (Å²) in [5.74, 6) is 0. The Balaban J connectivity index is -0.00000000990. The Morgan fingerprint density at radius 1 is 1.00 bits per heavy atom. The SMILES string of the molecule is C=C.F.F.F.O=C(O)O. The Labute approximate surface area is 49.7 Å². The molecule has 0 fully saturated rings. The van der Waals surface area contributed by atoms with E-state index in [1.807, 2.05) is 0 Å². The van der Waals surface area contributed by atoms with Gasteiger partial charge in [-0.1, -0.05) is 0 Å². The first kappa shape index (κ1) is 46.0. The first-order valence-electron chi connectivity index (χ1n) is 1.15. The molecule has 0 aliphatic rings. The molecule has 0 aliphatic heterocycles. The monoisotopic (exact) mass is 150 g/mol. The van der Waals surface area contributed by atoms with E-state index < -0.39 is 6.16 Å². The summed E-state index contributed by atoms with van der Waals surface area (Å²) in [5, 5.41) is 13.9. The molecule has 0 atom stereocenters. The van der Waals surface area contributed by atoms with Gasteiger partial charge in [-0.05, 0) is 0 Å². The van der Waals surface area contributed by atoms with Crippen LogP contribution in [-0.2, 0) is 0 Å². The van der Waals surface area contributed by atoms with Gasteiger partial charge in [-0.15, -0.1) is 13.2 Å². The minimum absolute atomic E-state index is 0. The van der Waals surface area contributed by atoms with Crippen molar-refractivity contribution in [3.63, 3.8) is 0 Å². The molecule has 0 rings (SSSR count). The number of halogens is 3. The molecule has 0 aliphatic carbocycles. The Kier molecular flexibility index (Phi) is 361. The number of rotatable bonds is 0. The lowest BCUT2D eigenvalue weighted by Gasteiger charge is -1.60. The third-order valence-corrected chi connectivity index (χ3v) is 0. The zero-order chi connectivity index (χ0) is 5.58. The van der Waals surface area contributed by atoms with Crippen molar-refractivity contribution in [2.45, 2.75) is 0 Å². The second-order valence-corrected chi connectivity index (χ2v) is 0.283. The summed E-state index contributed by atoms with van der Waals surface area (Å²) in [6, 6.07) is 0. The third-order valence-electron chi connectivity index (χ3n) is 0. The predicted octanol–water partition coefficient (Wildman–Crippen LogP) is 1.48. The first-order valence-corrected chi connectivity index (χ1v) is 1.15. The zero-order valence-corrected chi connectivity index (χ0v) is 4.44. The fraction of sp³-hybridized carbons (Fsp3) is 0. The predicted molar refractivity (Wildman–Crippen MR) is 29.4 cm³/mol. The van der Waals surface area contributed by atoms with Crippen LogP contribution in [0.25, 0.3) is 0 Å². The third kappa shape index (κ3) is 109. The highest BCUT2D eigenvalue weighted by Gasteiger charge is 1.70. The molecule has 60 valence electrons. The largest absolute Gasteiger partial charge is 0.503 e. The molecule has 6 heteroatoms. The molecule has 0 unspecified atom stereocenters. The van der Waals surface area contributed by atoms with Gasteiger partial charge < -0.3 is 10.2 Å². The van der Waals surface area contributed by atoms with Crippen molar-refractivity contribution in [1.82, 2.24) is 0 Å². The molecule has 0 saturated heterocycles. The molecule has 0 aromatic heterocycles. The molecule has 0 aromatic rings. The minimum atomic E-state index is -1.83. The highest BCUT2D eigenvalue weighted by Crippen LogP contribution is 1.42. The summed E-state index contributed by atoms with van der Waals surface area (Å²) in [4.78, 5) is 8.56. The fourth-order valence-electron chi connectivity index (χ4n) is 0. The van der Waals surface area contributed by atoms with E-state index in [4.69, 9.17) is 15.0 Å². The Bertz CT molecular complexity index is 45.6. The average Bonchev–Trinajstić information content (AvgIpc) is 1.41. The van der Waals surface area contributed by atoms with Gasteiger partial charge in [0.25, 0.3) is 0 Å². The molecule has 0 radical (unpaired) electrons. The van der Waals surface area contributed by atoms with Gasteiger partial charge in [0.2, 0.25) is 0 Å². The van der Waals surface area contributed by atoms with Gasteiger partial charge in [0, 0.05) is 0 Å². The highest BCUT2D eigenvalue weighted by atomic mass is 19.0. The van der Waals surface area contributed by atoms with E-state index >= 15 is 0 Å². The van der Waals surface area contributed by atoms with E-state index in [1.54, 1.807) is 0 Å². The molecule has 9 heavy (non-hydrogen) atoms. The number of hydrogen-bond acceptors (Lipinski definition) is 1. The lowest BCUT2D eigenvalue weighted by atomic mass is 11.3. The first-order chi connectivity index (χ1) is 2.73. The fourth-order valence-corrected chi connectivity index (χ4v) is 0. The lowest BCUT2D eigenvalue weighted by Crippen LogP contribution is -1.81. The van der Waals surface area contributed by atoms with Gasteiger partial charge in [0.05, 0.1) is 0 Å². The van der Waals surface area contributed by atoms with Crippen molar-refractivity contribution in [3.8, 4) is 0 Å². The van der Waals surface area contributed by atoms with Gasteiger partial charge in [-0.2, -0.15) is 0 Å². The summed E-state index contributed by atoms with van der Waals surface area (Å²) in [7, 11) is 0. The van der Waals surface area contributed by atoms with E-state index in [0.717, 1.165) is 0 Å². The normalized spacial score (nSPS) is 3.11. The minimum Gasteiger partial charge on any atom is -0.450 e. The number of carbonyl (C=O) groups is 1. The summed E-state index contributed by atoms with van der Waals surface area (Å²) in [6.07, 6.45) is -1.83. The molecule has 0 saturated carbocycles. The summed E-state index contributed by atoms with van der Waals surface area (Å²) >= 11 is 0. The van der Waals surface area contributed by atoms with Crippen LogP contribution in [0.15, 0.2) is 13.2 Å². The Hall–Kier alpha value is -1.20. The standard InChI is InChI=1S/C2H4.CH2O3.3FH/c1-2;2-1(3)4;;;/h1-2H2;(H2,2,3,4);3*1H. The van der Waals surface area contributed by atoms with E-state index in [1.165, 1.54) is 0 Å². The van der Waals surface area contributed by atoms with Crippen molar-refractivity contribution in [3.05, 3.63) is 13.2 Å². The zero-order valence-electron chi connectivity index (χ0n) is 4.44. The van der Waals surface area contributed by atoms with Gasteiger partial charge >= 0.3 is 6.16 Å². The van der Waals surface area contributed by atoms with Crippen LogP contribution in [-0.4, -0.2) is 16.4 Å². The average molecular weight is 150 g/mol. The maximum atomic E-state index is 8.56. The van der Waals surface area contributed by atoms with Crippen LogP contribution >= 0.6 is 0 Å². The van der Waals surface area contributed by atoms with Crippen LogP contribution in [0.5, 0.6) is 0 Å².